The Balaban J connectivity index is 1.41. The number of aliphatic hydroxyl groups is 1. The van der Waals surface area contributed by atoms with E-state index in [1.807, 2.05) is 6.07 Å². The Kier molecular flexibility index (Phi) is 4.82. The van der Waals surface area contributed by atoms with Crippen LogP contribution in [0.25, 0.3) is 0 Å². The minimum atomic E-state index is -0.918. The number of carbonyl (C=O) groups is 1. The fourth-order valence-electron chi connectivity index (χ4n) is 8.63. The molecule has 2 unspecified atom stereocenters. The normalized spacial score (nSPS) is 46.5. The van der Waals surface area contributed by atoms with Gasteiger partial charge in [0.15, 0.2) is 0 Å². The average molecular weight is 430 g/mol. The molecule has 0 aromatic carbocycles. The van der Waals surface area contributed by atoms with Crippen LogP contribution in [0.3, 0.4) is 0 Å². The van der Waals surface area contributed by atoms with Gasteiger partial charge in [0, 0.05) is 17.5 Å². The summed E-state index contributed by atoms with van der Waals surface area (Å²) in [6.07, 6.45) is 9.44. The summed E-state index contributed by atoms with van der Waals surface area (Å²) in [6.45, 7) is 4.67. The van der Waals surface area contributed by atoms with Crippen molar-refractivity contribution in [3.8, 4) is 0 Å². The van der Waals surface area contributed by atoms with Crippen LogP contribution in [0.4, 0.5) is 4.79 Å². The van der Waals surface area contributed by atoms with E-state index in [9.17, 15) is 14.7 Å². The highest BCUT2D eigenvalue weighted by atomic mass is 16.4. The third-order valence-electron chi connectivity index (χ3n) is 10.3. The summed E-state index contributed by atoms with van der Waals surface area (Å²) in [5, 5.41) is 24.1. The maximum atomic E-state index is 12.2. The first-order valence-electron chi connectivity index (χ1n) is 12.0. The minimum Gasteiger partial charge on any atom is -0.465 e. The Morgan fingerprint density at radius 2 is 1.87 bits per heavy atom. The van der Waals surface area contributed by atoms with Gasteiger partial charge in [-0.1, -0.05) is 13.8 Å². The summed E-state index contributed by atoms with van der Waals surface area (Å²) >= 11 is 0. The predicted octanol–water partition coefficient (Wildman–Crippen LogP) is 4.52. The first kappa shape index (κ1) is 21.0. The van der Waals surface area contributed by atoms with E-state index < -0.39 is 11.7 Å². The smallest absolute Gasteiger partial charge is 0.404 e. The molecule has 3 N–H and O–H groups in total. The van der Waals surface area contributed by atoms with E-state index in [0.717, 1.165) is 63.4 Å². The summed E-state index contributed by atoms with van der Waals surface area (Å²) in [6, 6.07) is 3.44. The molecule has 8 atom stereocenters. The lowest BCUT2D eigenvalue weighted by Crippen LogP contribution is -2.62. The average Bonchev–Trinajstić information content (AvgIpc) is 3.00. The third-order valence-corrected chi connectivity index (χ3v) is 10.3. The van der Waals surface area contributed by atoms with E-state index in [1.165, 1.54) is 6.07 Å². The Morgan fingerprint density at radius 1 is 1.06 bits per heavy atom. The molecule has 0 radical (unpaired) electrons. The summed E-state index contributed by atoms with van der Waals surface area (Å²) in [4.78, 5) is 22.6. The van der Waals surface area contributed by atoms with Crippen molar-refractivity contribution in [1.29, 1.82) is 0 Å². The van der Waals surface area contributed by atoms with Gasteiger partial charge in [-0.3, -0.25) is 0 Å². The lowest BCUT2D eigenvalue weighted by molar-refractivity contribution is -0.201. The van der Waals surface area contributed by atoms with E-state index >= 15 is 0 Å². The molecule has 4 aliphatic carbocycles. The number of hydrogen-bond acceptors (Lipinski definition) is 4. The van der Waals surface area contributed by atoms with Gasteiger partial charge in [0.05, 0.1) is 11.9 Å². The molecule has 5 rings (SSSR count). The van der Waals surface area contributed by atoms with Gasteiger partial charge in [-0.15, -0.1) is 0 Å². The van der Waals surface area contributed by atoms with Crippen LogP contribution in [0, 0.1) is 28.6 Å². The van der Waals surface area contributed by atoms with Crippen LogP contribution in [0.2, 0.25) is 0 Å². The zero-order valence-corrected chi connectivity index (χ0v) is 18.6. The van der Waals surface area contributed by atoms with Crippen molar-refractivity contribution in [3.63, 3.8) is 0 Å². The SMILES string of the molecule is CC12CC[C@H]3[C@@H](CC[C@@H]4C[C@@H](NC(=O)O)CC[C@@]43C)C1(O)CC[C@@H]2c1ccc(=O)oc1. The van der Waals surface area contributed by atoms with Crippen molar-refractivity contribution < 1.29 is 19.4 Å². The van der Waals surface area contributed by atoms with Crippen molar-refractivity contribution in [3.05, 3.63) is 34.4 Å². The predicted molar refractivity (Wildman–Crippen MR) is 116 cm³/mol. The Labute approximate surface area is 183 Å². The number of amides is 1. The van der Waals surface area contributed by atoms with Gasteiger partial charge < -0.3 is 19.9 Å². The fourth-order valence-corrected chi connectivity index (χ4v) is 8.63. The lowest BCUT2D eigenvalue weighted by atomic mass is 9.43. The first-order chi connectivity index (χ1) is 14.7. The lowest BCUT2D eigenvalue weighted by Gasteiger charge is -2.63. The molecular weight excluding hydrogens is 394 g/mol. The zero-order chi connectivity index (χ0) is 22.0. The van der Waals surface area contributed by atoms with Crippen LogP contribution < -0.4 is 10.9 Å². The third kappa shape index (κ3) is 3.00. The van der Waals surface area contributed by atoms with Crippen molar-refractivity contribution in [1.82, 2.24) is 5.32 Å². The Bertz CT molecular complexity index is 908. The highest BCUT2D eigenvalue weighted by molar-refractivity contribution is 5.64. The summed E-state index contributed by atoms with van der Waals surface area (Å²) in [7, 11) is 0. The van der Waals surface area contributed by atoms with Crippen LogP contribution in [-0.4, -0.2) is 27.9 Å². The number of rotatable bonds is 2. The van der Waals surface area contributed by atoms with E-state index in [2.05, 4.69) is 19.2 Å². The first-order valence-corrected chi connectivity index (χ1v) is 12.0. The maximum Gasteiger partial charge on any atom is 0.404 e. The van der Waals surface area contributed by atoms with Gasteiger partial charge >= 0.3 is 11.7 Å². The minimum absolute atomic E-state index is 0.0627. The molecule has 1 aromatic heterocycles. The van der Waals surface area contributed by atoms with Crippen LogP contribution in [-0.2, 0) is 0 Å². The monoisotopic (exact) mass is 429 g/mol. The summed E-state index contributed by atoms with van der Waals surface area (Å²) in [5.74, 6) is 1.51. The van der Waals surface area contributed by atoms with Gasteiger partial charge in [-0.05, 0) is 98.5 Å². The number of nitrogens with one attached hydrogen (secondary N) is 1. The summed E-state index contributed by atoms with van der Waals surface area (Å²) < 4.78 is 5.17. The topological polar surface area (TPSA) is 99.8 Å². The molecule has 4 saturated carbocycles. The molecule has 1 amide bonds. The van der Waals surface area contributed by atoms with Gasteiger partial charge in [0.1, 0.15) is 0 Å². The Hall–Kier alpha value is -1.82. The second-order valence-corrected chi connectivity index (χ2v) is 11.3. The molecule has 1 aromatic rings. The van der Waals surface area contributed by atoms with Gasteiger partial charge in [0.2, 0.25) is 0 Å². The van der Waals surface area contributed by atoms with Crippen LogP contribution >= 0.6 is 0 Å². The largest absolute Gasteiger partial charge is 0.465 e. The van der Waals surface area contributed by atoms with Gasteiger partial charge in [-0.25, -0.2) is 9.59 Å². The van der Waals surface area contributed by atoms with E-state index in [-0.39, 0.29) is 34.3 Å². The Morgan fingerprint density at radius 3 is 2.58 bits per heavy atom. The van der Waals surface area contributed by atoms with Crippen LogP contribution in [0.15, 0.2) is 27.6 Å². The van der Waals surface area contributed by atoms with Gasteiger partial charge in [-0.2, -0.15) is 0 Å². The quantitative estimate of drug-likeness (QED) is 0.642. The molecule has 0 aliphatic heterocycles. The molecule has 0 bridgehead atoms. The molecule has 0 spiro atoms. The van der Waals surface area contributed by atoms with E-state index in [0.29, 0.717) is 11.8 Å². The van der Waals surface area contributed by atoms with E-state index in [4.69, 9.17) is 9.52 Å². The maximum absolute atomic E-state index is 12.2. The van der Waals surface area contributed by atoms with Crippen molar-refractivity contribution in [2.75, 3.05) is 0 Å². The molecule has 170 valence electrons. The fraction of sp³-hybridized carbons (Fsp3) is 0.760. The molecule has 1 heterocycles. The molecule has 31 heavy (non-hydrogen) atoms. The second-order valence-electron chi connectivity index (χ2n) is 11.3. The standard InChI is InChI=1S/C25H35NO5/c1-23-10-7-17(26-22(28)29)13-16(23)4-5-20-19(23)8-11-24(2)18(9-12-25(20,24)30)15-3-6-21(27)31-14-15/h3,6,14,16-20,26,30H,4-5,7-13H2,1-2H3,(H,28,29)/t16-,17+,18-,19+,20-,23+,24?,25?/m1/s1. The van der Waals surface area contributed by atoms with Crippen LogP contribution in [0.1, 0.15) is 83.1 Å². The molecular formula is C25H35NO5. The molecule has 6 heteroatoms. The number of carboxylic acid groups (broad SMARTS) is 1. The van der Waals surface area contributed by atoms with Crippen molar-refractivity contribution >= 4 is 6.09 Å². The summed E-state index contributed by atoms with van der Waals surface area (Å²) in [5.41, 5.74) is -0.0177. The van der Waals surface area contributed by atoms with Gasteiger partial charge in [0.25, 0.3) is 0 Å². The molecule has 4 fully saturated rings. The molecule has 0 saturated heterocycles. The number of fused-ring (bicyclic) bond motifs is 5. The van der Waals surface area contributed by atoms with Crippen LogP contribution in [0.5, 0.6) is 0 Å². The second kappa shape index (κ2) is 7.09. The van der Waals surface area contributed by atoms with Crippen molar-refractivity contribution in [2.45, 2.75) is 89.2 Å². The van der Waals surface area contributed by atoms with Crippen molar-refractivity contribution in [2.24, 2.45) is 28.6 Å². The highest BCUT2D eigenvalue weighted by Crippen LogP contribution is 2.70. The zero-order valence-electron chi connectivity index (χ0n) is 18.6. The molecule has 6 nitrogen and oxygen atoms in total. The highest BCUT2D eigenvalue weighted by Gasteiger charge is 2.67. The molecule has 4 aliphatic rings. The van der Waals surface area contributed by atoms with E-state index in [1.54, 1.807) is 6.26 Å². The number of hydrogen-bond donors (Lipinski definition) is 3.